The van der Waals surface area contributed by atoms with E-state index in [1.807, 2.05) is 0 Å². The molecule has 66 valence electrons. The summed E-state index contributed by atoms with van der Waals surface area (Å²) in [5.41, 5.74) is 5.57. The van der Waals surface area contributed by atoms with E-state index in [0.717, 1.165) is 12.8 Å². The van der Waals surface area contributed by atoms with E-state index in [-0.39, 0.29) is 11.5 Å². The van der Waals surface area contributed by atoms with Crippen LogP contribution in [0.25, 0.3) is 0 Å². The summed E-state index contributed by atoms with van der Waals surface area (Å²) in [5, 5.41) is 9.61. The highest BCUT2D eigenvalue weighted by Crippen LogP contribution is 2.42. The lowest BCUT2D eigenvalue weighted by Gasteiger charge is -2.44. The minimum Gasteiger partial charge on any atom is -0.390 e. The molecule has 0 saturated heterocycles. The third-order valence-electron chi connectivity index (χ3n) is 2.79. The monoisotopic (exact) mass is 159 g/mol. The third-order valence-corrected chi connectivity index (χ3v) is 2.79. The second kappa shape index (κ2) is 3.52. The molecule has 1 saturated carbocycles. The molecule has 0 bridgehead atoms. The van der Waals surface area contributed by atoms with Gasteiger partial charge in [-0.15, -0.1) is 0 Å². The highest BCUT2D eigenvalue weighted by atomic mass is 16.5. The molecule has 0 aromatic rings. The first-order chi connectivity index (χ1) is 5.25. The number of methoxy groups -OCH3 is 1. The summed E-state index contributed by atoms with van der Waals surface area (Å²) in [6, 6.07) is 0. The minimum atomic E-state index is -0.369. The maximum Gasteiger partial charge on any atom is 0.0841 e. The molecule has 11 heavy (non-hydrogen) atoms. The van der Waals surface area contributed by atoms with Crippen LogP contribution in [0.2, 0.25) is 0 Å². The first kappa shape index (κ1) is 8.97. The molecular weight excluding hydrogens is 142 g/mol. The number of hydrogen-bond donors (Lipinski definition) is 2. The SMILES string of the molecule is COC[C@H](O)C1(CN)CCC1. The van der Waals surface area contributed by atoms with Crippen molar-refractivity contribution in [2.75, 3.05) is 20.3 Å². The zero-order valence-corrected chi connectivity index (χ0v) is 7.05. The van der Waals surface area contributed by atoms with Crippen molar-refractivity contribution in [3.05, 3.63) is 0 Å². The normalized spacial score (nSPS) is 24.3. The zero-order valence-electron chi connectivity index (χ0n) is 7.05. The standard InChI is InChI=1S/C8H17NO2/c1-11-5-7(10)8(6-9)3-2-4-8/h7,10H,2-6,9H2,1H3/t7-/m0/s1. The number of nitrogens with two attached hydrogens (primary N) is 1. The molecule has 0 aromatic heterocycles. The summed E-state index contributed by atoms with van der Waals surface area (Å²) in [7, 11) is 1.60. The van der Waals surface area contributed by atoms with Gasteiger partial charge < -0.3 is 15.6 Å². The van der Waals surface area contributed by atoms with Crippen LogP contribution in [0.3, 0.4) is 0 Å². The lowest BCUT2D eigenvalue weighted by Crippen LogP contribution is -2.48. The number of hydrogen-bond acceptors (Lipinski definition) is 3. The van der Waals surface area contributed by atoms with Crippen molar-refractivity contribution in [1.82, 2.24) is 0 Å². The maximum absolute atomic E-state index is 9.61. The number of aliphatic hydroxyl groups is 1. The molecule has 0 heterocycles. The van der Waals surface area contributed by atoms with E-state index in [2.05, 4.69) is 0 Å². The van der Waals surface area contributed by atoms with Gasteiger partial charge in [0.05, 0.1) is 12.7 Å². The Morgan fingerprint density at radius 3 is 2.55 bits per heavy atom. The average Bonchev–Trinajstić information content (AvgIpc) is 1.87. The third kappa shape index (κ3) is 1.55. The molecule has 1 aliphatic carbocycles. The fourth-order valence-electron chi connectivity index (χ4n) is 1.64. The minimum absolute atomic E-state index is 0.0178. The van der Waals surface area contributed by atoms with E-state index in [4.69, 9.17) is 10.5 Å². The Morgan fingerprint density at radius 2 is 2.27 bits per heavy atom. The molecule has 1 aliphatic rings. The van der Waals surface area contributed by atoms with Gasteiger partial charge in [0.25, 0.3) is 0 Å². The van der Waals surface area contributed by atoms with Gasteiger partial charge in [-0.1, -0.05) is 6.42 Å². The van der Waals surface area contributed by atoms with Crippen LogP contribution in [0.15, 0.2) is 0 Å². The number of aliphatic hydroxyl groups excluding tert-OH is 1. The van der Waals surface area contributed by atoms with Gasteiger partial charge in [0, 0.05) is 19.1 Å². The largest absolute Gasteiger partial charge is 0.390 e. The molecular formula is C8H17NO2. The topological polar surface area (TPSA) is 55.5 Å². The van der Waals surface area contributed by atoms with Gasteiger partial charge in [0.15, 0.2) is 0 Å². The van der Waals surface area contributed by atoms with Crippen molar-refractivity contribution < 1.29 is 9.84 Å². The van der Waals surface area contributed by atoms with Crippen molar-refractivity contribution >= 4 is 0 Å². The van der Waals surface area contributed by atoms with Gasteiger partial charge in [0.2, 0.25) is 0 Å². The predicted octanol–water partition coefficient (Wildman–Crippen LogP) is 0.123. The molecule has 0 spiro atoms. The first-order valence-corrected chi connectivity index (χ1v) is 4.12. The lowest BCUT2D eigenvalue weighted by molar-refractivity contribution is -0.0657. The van der Waals surface area contributed by atoms with Crippen LogP contribution in [-0.2, 0) is 4.74 Å². The smallest absolute Gasteiger partial charge is 0.0841 e. The molecule has 3 nitrogen and oxygen atoms in total. The van der Waals surface area contributed by atoms with Gasteiger partial charge in [-0.05, 0) is 12.8 Å². The van der Waals surface area contributed by atoms with Crippen molar-refractivity contribution in [3.63, 3.8) is 0 Å². The van der Waals surface area contributed by atoms with E-state index in [0.29, 0.717) is 13.2 Å². The molecule has 0 radical (unpaired) electrons. The summed E-state index contributed by atoms with van der Waals surface area (Å²) in [4.78, 5) is 0. The summed E-state index contributed by atoms with van der Waals surface area (Å²) in [6.07, 6.45) is 2.92. The van der Waals surface area contributed by atoms with Gasteiger partial charge in [-0.3, -0.25) is 0 Å². The quantitative estimate of drug-likeness (QED) is 0.612. The molecule has 1 rings (SSSR count). The van der Waals surface area contributed by atoms with E-state index in [1.54, 1.807) is 7.11 Å². The van der Waals surface area contributed by atoms with Gasteiger partial charge >= 0.3 is 0 Å². The van der Waals surface area contributed by atoms with Crippen molar-refractivity contribution in [1.29, 1.82) is 0 Å². The number of ether oxygens (including phenoxy) is 1. The summed E-state index contributed by atoms with van der Waals surface area (Å²) < 4.78 is 4.88. The van der Waals surface area contributed by atoms with Crippen molar-refractivity contribution in [3.8, 4) is 0 Å². The van der Waals surface area contributed by atoms with Crippen LogP contribution in [0.5, 0.6) is 0 Å². The van der Waals surface area contributed by atoms with E-state index in [1.165, 1.54) is 6.42 Å². The molecule has 1 fully saturated rings. The summed E-state index contributed by atoms with van der Waals surface area (Å²) in [5.74, 6) is 0. The van der Waals surface area contributed by atoms with Gasteiger partial charge in [-0.25, -0.2) is 0 Å². The van der Waals surface area contributed by atoms with Crippen molar-refractivity contribution in [2.24, 2.45) is 11.1 Å². The van der Waals surface area contributed by atoms with E-state index >= 15 is 0 Å². The van der Waals surface area contributed by atoms with Crippen LogP contribution in [0, 0.1) is 5.41 Å². The molecule has 0 aliphatic heterocycles. The molecule has 0 unspecified atom stereocenters. The molecule has 3 heteroatoms. The highest BCUT2D eigenvalue weighted by Gasteiger charge is 2.41. The fourth-order valence-corrected chi connectivity index (χ4v) is 1.64. The Labute approximate surface area is 67.5 Å². The molecule has 3 N–H and O–H groups in total. The Bertz CT molecular complexity index is 118. The molecule has 1 atom stereocenters. The Hall–Kier alpha value is -0.120. The van der Waals surface area contributed by atoms with Crippen LogP contribution in [0.4, 0.5) is 0 Å². The fraction of sp³-hybridized carbons (Fsp3) is 1.00. The van der Waals surface area contributed by atoms with Gasteiger partial charge in [-0.2, -0.15) is 0 Å². The average molecular weight is 159 g/mol. The highest BCUT2D eigenvalue weighted by molar-refractivity contribution is 4.94. The Kier molecular flexibility index (Phi) is 2.87. The zero-order chi connectivity index (χ0) is 8.32. The maximum atomic E-state index is 9.61. The Morgan fingerprint density at radius 1 is 1.64 bits per heavy atom. The van der Waals surface area contributed by atoms with Crippen LogP contribution in [0.1, 0.15) is 19.3 Å². The van der Waals surface area contributed by atoms with Crippen LogP contribution in [-0.4, -0.2) is 31.5 Å². The van der Waals surface area contributed by atoms with Crippen LogP contribution >= 0.6 is 0 Å². The second-order valence-corrected chi connectivity index (χ2v) is 3.39. The lowest BCUT2D eigenvalue weighted by atomic mass is 9.65. The van der Waals surface area contributed by atoms with Crippen molar-refractivity contribution in [2.45, 2.75) is 25.4 Å². The van der Waals surface area contributed by atoms with E-state index < -0.39 is 0 Å². The van der Waals surface area contributed by atoms with Crippen LogP contribution < -0.4 is 5.73 Å². The Balaban J connectivity index is 2.40. The molecule has 0 amide bonds. The molecule has 0 aromatic carbocycles. The second-order valence-electron chi connectivity index (χ2n) is 3.39. The first-order valence-electron chi connectivity index (χ1n) is 4.12. The predicted molar refractivity (Wildman–Crippen MR) is 43.2 cm³/mol. The summed E-state index contributed by atoms with van der Waals surface area (Å²) in [6.45, 7) is 0.995. The van der Waals surface area contributed by atoms with Gasteiger partial charge in [0.1, 0.15) is 0 Å². The van der Waals surface area contributed by atoms with E-state index in [9.17, 15) is 5.11 Å². The summed E-state index contributed by atoms with van der Waals surface area (Å²) >= 11 is 0. The number of rotatable bonds is 4.